The highest BCUT2D eigenvalue weighted by molar-refractivity contribution is 5.78. The van der Waals surface area contributed by atoms with Gasteiger partial charge in [0.05, 0.1) is 6.04 Å². The fourth-order valence-corrected chi connectivity index (χ4v) is 3.05. The maximum Gasteiger partial charge on any atom is 0.189 e. The summed E-state index contributed by atoms with van der Waals surface area (Å²) < 4.78 is 0. The van der Waals surface area contributed by atoms with Gasteiger partial charge in [0.2, 0.25) is 0 Å². The second-order valence-corrected chi connectivity index (χ2v) is 5.44. The lowest BCUT2D eigenvalue weighted by Gasteiger charge is -2.45. The smallest absolute Gasteiger partial charge is 0.189 e. The summed E-state index contributed by atoms with van der Waals surface area (Å²) in [6.45, 7) is 4.18. The van der Waals surface area contributed by atoms with Gasteiger partial charge in [-0.1, -0.05) is 12.8 Å². The Kier molecular flexibility index (Phi) is 2.89. The van der Waals surface area contributed by atoms with Crippen LogP contribution in [0.25, 0.3) is 0 Å². The van der Waals surface area contributed by atoms with Gasteiger partial charge in [0.1, 0.15) is 0 Å². The molecule has 0 saturated heterocycles. The molecule has 0 aliphatic heterocycles. The molecule has 1 spiro atoms. The number of guanidine groups is 1. The number of hydrogen-bond acceptors (Lipinski definition) is 1. The summed E-state index contributed by atoms with van der Waals surface area (Å²) in [7, 11) is 0. The van der Waals surface area contributed by atoms with Crippen LogP contribution < -0.4 is 11.1 Å². The molecule has 2 rings (SSSR count). The van der Waals surface area contributed by atoms with Crippen molar-refractivity contribution in [2.45, 2.75) is 64.5 Å². The molecule has 0 heterocycles. The Labute approximate surface area is 92.5 Å². The number of hydrogen-bond donors (Lipinski definition) is 2. The third kappa shape index (κ3) is 2.11. The van der Waals surface area contributed by atoms with Gasteiger partial charge in [0.15, 0.2) is 5.96 Å². The van der Waals surface area contributed by atoms with Crippen LogP contribution in [0.1, 0.15) is 52.4 Å². The van der Waals surface area contributed by atoms with E-state index in [1.807, 2.05) is 0 Å². The van der Waals surface area contributed by atoms with E-state index >= 15 is 0 Å². The van der Waals surface area contributed by atoms with Gasteiger partial charge in [-0.2, -0.15) is 0 Å². The minimum absolute atomic E-state index is 0.383. The molecule has 2 aliphatic carbocycles. The Morgan fingerprint density at radius 3 is 2.47 bits per heavy atom. The van der Waals surface area contributed by atoms with E-state index in [0.717, 1.165) is 0 Å². The lowest BCUT2D eigenvalue weighted by Crippen LogP contribution is -2.45. The summed E-state index contributed by atoms with van der Waals surface area (Å²) in [6.07, 6.45) is 8.13. The Balaban J connectivity index is 1.94. The molecule has 0 aromatic rings. The van der Waals surface area contributed by atoms with Gasteiger partial charge in [0.25, 0.3) is 0 Å². The van der Waals surface area contributed by atoms with Crippen LogP contribution >= 0.6 is 0 Å². The second kappa shape index (κ2) is 4.03. The minimum Gasteiger partial charge on any atom is -0.370 e. The van der Waals surface area contributed by atoms with Crippen molar-refractivity contribution in [2.24, 2.45) is 16.1 Å². The van der Waals surface area contributed by atoms with E-state index < -0.39 is 0 Å². The molecule has 2 aliphatic rings. The summed E-state index contributed by atoms with van der Waals surface area (Å²) in [6, 6.07) is 0.889. The van der Waals surface area contributed by atoms with E-state index in [1.165, 1.54) is 38.5 Å². The number of nitrogens with one attached hydrogen (secondary N) is 1. The van der Waals surface area contributed by atoms with Crippen LogP contribution in [0.15, 0.2) is 4.99 Å². The molecule has 3 N–H and O–H groups in total. The number of rotatable bonds is 2. The van der Waals surface area contributed by atoms with Gasteiger partial charge in [0, 0.05) is 6.04 Å². The average molecular weight is 209 g/mol. The molecule has 86 valence electrons. The summed E-state index contributed by atoms with van der Waals surface area (Å²) in [5.74, 6) is 0.640. The summed E-state index contributed by atoms with van der Waals surface area (Å²) in [4.78, 5) is 4.64. The van der Waals surface area contributed by atoms with Crippen molar-refractivity contribution in [3.05, 3.63) is 0 Å². The third-order valence-corrected chi connectivity index (χ3v) is 3.95. The molecule has 1 unspecified atom stereocenters. The van der Waals surface area contributed by atoms with Crippen molar-refractivity contribution < 1.29 is 0 Å². The first kappa shape index (κ1) is 10.8. The van der Waals surface area contributed by atoms with E-state index in [2.05, 4.69) is 24.2 Å². The molecule has 0 amide bonds. The van der Waals surface area contributed by atoms with E-state index in [9.17, 15) is 0 Å². The zero-order valence-electron chi connectivity index (χ0n) is 9.92. The van der Waals surface area contributed by atoms with Crippen LogP contribution in [0.2, 0.25) is 0 Å². The van der Waals surface area contributed by atoms with Crippen molar-refractivity contribution in [3.63, 3.8) is 0 Å². The van der Waals surface area contributed by atoms with Crippen LogP contribution in [0.4, 0.5) is 0 Å². The van der Waals surface area contributed by atoms with Gasteiger partial charge in [-0.05, 0) is 44.9 Å². The van der Waals surface area contributed by atoms with Gasteiger partial charge in [-0.25, -0.2) is 4.99 Å². The van der Waals surface area contributed by atoms with Gasteiger partial charge >= 0.3 is 0 Å². The van der Waals surface area contributed by atoms with Crippen LogP contribution in [-0.2, 0) is 0 Å². The molecule has 0 bridgehead atoms. The lowest BCUT2D eigenvalue weighted by atomic mass is 9.63. The normalized spacial score (nSPS) is 29.5. The molecule has 1 atom stereocenters. The number of nitrogens with two attached hydrogens (primary N) is 1. The highest BCUT2D eigenvalue weighted by Gasteiger charge is 2.48. The molecule has 0 radical (unpaired) electrons. The molecule has 0 aromatic heterocycles. The third-order valence-electron chi connectivity index (χ3n) is 3.95. The minimum atomic E-state index is 0.383. The van der Waals surface area contributed by atoms with Gasteiger partial charge in [-0.3, -0.25) is 0 Å². The predicted molar refractivity (Wildman–Crippen MR) is 63.8 cm³/mol. The fourth-order valence-electron chi connectivity index (χ4n) is 3.05. The van der Waals surface area contributed by atoms with Gasteiger partial charge in [-0.15, -0.1) is 0 Å². The van der Waals surface area contributed by atoms with Crippen molar-refractivity contribution in [3.8, 4) is 0 Å². The fraction of sp³-hybridized carbons (Fsp3) is 0.917. The molecular weight excluding hydrogens is 186 g/mol. The molecule has 2 saturated carbocycles. The SMILES string of the molecule is CC(C)NC(N)=NC1CCC12CCCC2. The Morgan fingerprint density at radius 1 is 1.33 bits per heavy atom. The van der Waals surface area contributed by atoms with Crippen LogP contribution in [0.3, 0.4) is 0 Å². The topological polar surface area (TPSA) is 50.4 Å². The Hall–Kier alpha value is -0.730. The zero-order valence-corrected chi connectivity index (χ0v) is 9.92. The van der Waals surface area contributed by atoms with E-state index in [0.29, 0.717) is 23.5 Å². The summed E-state index contributed by atoms with van der Waals surface area (Å²) in [5.41, 5.74) is 6.42. The zero-order chi connectivity index (χ0) is 10.9. The lowest BCUT2D eigenvalue weighted by molar-refractivity contribution is 0.104. The molecule has 15 heavy (non-hydrogen) atoms. The average Bonchev–Trinajstić information content (AvgIpc) is 2.62. The van der Waals surface area contributed by atoms with Crippen molar-refractivity contribution in [2.75, 3.05) is 0 Å². The second-order valence-electron chi connectivity index (χ2n) is 5.44. The van der Waals surface area contributed by atoms with Crippen LogP contribution in [0, 0.1) is 5.41 Å². The quantitative estimate of drug-likeness (QED) is 0.540. The summed E-state index contributed by atoms with van der Waals surface area (Å²) >= 11 is 0. The molecule has 3 nitrogen and oxygen atoms in total. The first-order valence-corrected chi connectivity index (χ1v) is 6.22. The Morgan fingerprint density at radius 2 is 2.00 bits per heavy atom. The van der Waals surface area contributed by atoms with Crippen LogP contribution in [0.5, 0.6) is 0 Å². The number of nitrogens with zero attached hydrogens (tertiary/aromatic N) is 1. The highest BCUT2D eigenvalue weighted by Crippen LogP contribution is 2.54. The van der Waals surface area contributed by atoms with Crippen LogP contribution in [-0.4, -0.2) is 18.0 Å². The van der Waals surface area contributed by atoms with E-state index in [4.69, 9.17) is 5.73 Å². The van der Waals surface area contributed by atoms with Crippen molar-refractivity contribution in [1.29, 1.82) is 0 Å². The molecular formula is C12H23N3. The van der Waals surface area contributed by atoms with Gasteiger partial charge < -0.3 is 11.1 Å². The highest BCUT2D eigenvalue weighted by atomic mass is 15.1. The Bertz CT molecular complexity index is 252. The summed E-state index contributed by atoms with van der Waals surface area (Å²) in [5, 5.41) is 3.18. The first-order valence-electron chi connectivity index (χ1n) is 6.22. The maximum atomic E-state index is 5.87. The first-order chi connectivity index (χ1) is 7.12. The maximum absolute atomic E-state index is 5.87. The molecule has 3 heteroatoms. The largest absolute Gasteiger partial charge is 0.370 e. The predicted octanol–water partition coefficient (Wildman–Crippen LogP) is 2.02. The van der Waals surface area contributed by atoms with E-state index in [-0.39, 0.29) is 0 Å². The monoisotopic (exact) mass is 209 g/mol. The van der Waals surface area contributed by atoms with Crippen molar-refractivity contribution in [1.82, 2.24) is 5.32 Å². The number of aliphatic imine (C=N–C) groups is 1. The standard InChI is InChI=1S/C12H23N3/c1-9(2)14-11(13)15-10-5-8-12(10)6-3-4-7-12/h9-10H,3-8H2,1-2H3,(H3,13,14,15). The molecule has 0 aromatic carbocycles. The van der Waals surface area contributed by atoms with E-state index in [1.54, 1.807) is 0 Å². The van der Waals surface area contributed by atoms with Crippen molar-refractivity contribution >= 4 is 5.96 Å². The molecule has 2 fully saturated rings.